The Hall–Kier alpha value is -11.8. The summed E-state index contributed by atoms with van der Waals surface area (Å²) in [7, 11) is 0. The largest absolute Gasteiger partial charge is 0.508 e. The monoisotopic (exact) mass is 1470 g/mol. The molecule has 0 aliphatic carbocycles. The second-order valence-electron chi connectivity index (χ2n) is 28.8. The molecule has 109 heavy (non-hydrogen) atoms. The number of halogens is 2. The number of imidazole rings is 2. The molecule has 28 heteroatoms. The molecule has 4 atom stereocenters. The number of piperidine rings is 2. The number of piperazine rings is 2. The Kier molecular flexibility index (Phi) is 20.5. The number of carbonyl (C=O) groups is 6. The van der Waals surface area contributed by atoms with Crippen LogP contribution in [0.5, 0.6) is 11.5 Å². The number of phenolic OH excluding ortho intramolecular Hbond substituents is 1. The van der Waals surface area contributed by atoms with Crippen molar-refractivity contribution in [3.05, 3.63) is 203 Å². The van der Waals surface area contributed by atoms with Gasteiger partial charge in [0.05, 0.1) is 35.9 Å². The highest BCUT2D eigenvalue weighted by Crippen LogP contribution is 2.39. The summed E-state index contributed by atoms with van der Waals surface area (Å²) in [6.45, 7) is 14.5. The van der Waals surface area contributed by atoms with Crippen LogP contribution in [0.25, 0.3) is 34.1 Å². The number of amides is 6. The lowest BCUT2D eigenvalue weighted by molar-refractivity contribution is -0.138. The summed E-state index contributed by atoms with van der Waals surface area (Å²) in [4.78, 5) is 109. The highest BCUT2D eigenvalue weighted by Gasteiger charge is 2.41. The van der Waals surface area contributed by atoms with Crippen LogP contribution >= 0.6 is 0 Å². The molecule has 6 saturated heterocycles. The molecule has 26 nitrogen and oxygen atoms in total. The molecule has 0 radical (unpaired) electrons. The van der Waals surface area contributed by atoms with Gasteiger partial charge in [-0.1, -0.05) is 55.5 Å². The molecule has 0 spiro atoms. The van der Waals surface area contributed by atoms with Gasteiger partial charge in [0.2, 0.25) is 23.6 Å². The number of rotatable bonds is 16. The van der Waals surface area contributed by atoms with E-state index < -0.39 is 23.9 Å². The van der Waals surface area contributed by atoms with Crippen LogP contribution in [-0.4, -0.2) is 197 Å². The summed E-state index contributed by atoms with van der Waals surface area (Å²) in [5.41, 5.74) is 9.41. The van der Waals surface area contributed by atoms with E-state index in [0.29, 0.717) is 49.4 Å². The molecular formula is C81H84F2N18O8. The lowest BCUT2D eigenvalue weighted by Gasteiger charge is -2.35. The number of ether oxygens (including phenoxy) is 1. The SMILES string of the molecule is CCCN1CCN(c2cccc(-c3cnc4ccc(N5CCC[C@@H]5c5cccc(F)c5)nn34)n2)CC1.O=C1CCC(N2Cc3ccc(O)cc3C2=O)C(=O)N1.O=C1CCC(N2Cc3ccc(OCCN4CCN(c5cccc(-c6cnc7ccc(N8CCC[C@@H]8c8cccc(F)c8)nn67)n5)CC4)cc3C2=O)C(=O)N1. The average molecular weight is 1480 g/mol. The summed E-state index contributed by atoms with van der Waals surface area (Å²) in [6.07, 6.45) is 9.98. The van der Waals surface area contributed by atoms with Gasteiger partial charge in [-0.3, -0.25) is 49.2 Å². The zero-order valence-corrected chi connectivity index (χ0v) is 60.5. The molecule has 560 valence electrons. The summed E-state index contributed by atoms with van der Waals surface area (Å²) in [5, 5.41) is 24.0. The molecule has 0 saturated carbocycles. The van der Waals surface area contributed by atoms with Gasteiger partial charge in [0, 0.05) is 109 Å². The first kappa shape index (κ1) is 71.5. The van der Waals surface area contributed by atoms with E-state index in [1.165, 1.54) is 35.6 Å². The van der Waals surface area contributed by atoms with E-state index in [1.807, 2.05) is 94.2 Å². The topological polar surface area (TPSA) is 268 Å². The zero-order chi connectivity index (χ0) is 74.8. The normalized spacial score (nSPS) is 20.3. The van der Waals surface area contributed by atoms with Crippen molar-refractivity contribution in [1.29, 1.82) is 0 Å². The van der Waals surface area contributed by atoms with Crippen LogP contribution in [0.4, 0.5) is 32.1 Å². The minimum Gasteiger partial charge on any atom is -0.508 e. The number of anilines is 4. The molecule has 4 aromatic carbocycles. The van der Waals surface area contributed by atoms with Crippen molar-refractivity contribution in [2.24, 2.45) is 0 Å². The molecule has 6 aromatic heterocycles. The first-order valence-corrected chi connectivity index (χ1v) is 37.6. The molecule has 2 unspecified atom stereocenters. The smallest absolute Gasteiger partial charge is 0.255 e. The molecule has 8 aliphatic heterocycles. The Bertz CT molecular complexity index is 5120. The number of hydrogen-bond acceptors (Lipinski definition) is 20. The van der Waals surface area contributed by atoms with Crippen molar-refractivity contribution in [3.63, 3.8) is 0 Å². The molecule has 6 amide bonds. The number of nitrogens with zero attached hydrogens (tertiary/aromatic N) is 16. The van der Waals surface area contributed by atoms with E-state index in [0.717, 1.165) is 184 Å². The second kappa shape index (κ2) is 31.2. The summed E-state index contributed by atoms with van der Waals surface area (Å²) in [5.74, 6) is 1.88. The van der Waals surface area contributed by atoms with Crippen LogP contribution < -0.4 is 35.0 Å². The van der Waals surface area contributed by atoms with Crippen molar-refractivity contribution in [2.75, 3.05) is 105 Å². The fraction of sp³-hybridized carbons (Fsp3) is 0.358. The van der Waals surface area contributed by atoms with Gasteiger partial charge >= 0.3 is 0 Å². The summed E-state index contributed by atoms with van der Waals surface area (Å²) < 4.78 is 37.8. The molecule has 14 heterocycles. The number of phenols is 1. The van der Waals surface area contributed by atoms with Crippen LogP contribution in [0.15, 0.2) is 158 Å². The van der Waals surface area contributed by atoms with Gasteiger partial charge in [-0.2, -0.15) is 0 Å². The Balaban J connectivity index is 0.000000140. The standard InChI is InChI=1S/C40H40FN9O4.C28H32FN7.C13H12N2O4/c41-28-5-1-4-26(22-28)32-7-3-15-48(32)37-13-12-35-42-24-34(50(35)45-37)31-6-2-8-36(43-31)47-18-16-46(17-19-47)20-21-54-29-10-9-27-25-49(40(53)30(27)23-29)33-11-14-38(51)44-39(33)52;1-2-13-33-15-17-34(18-16-33)27-10-4-8-23(31-27)25-20-30-26-11-12-28(32-36(25)26)35-14-5-9-24(35)21-6-3-7-22(29)19-21;16-8-2-1-7-6-15(13(19)9(7)5-8)10-3-4-11(17)14-12(10)18/h1-2,4-6,8-10,12-13,22-24,32-33H,3,7,11,14-21,25H2,(H,44,51,52);3-4,6-8,10-12,19-20,24H,2,5,9,13-18H2,1H3;1-2,5,10,16H,3-4,6H2,(H,14,17,18)/t32-,33?;24-;/m11./s1. The van der Waals surface area contributed by atoms with E-state index in [-0.39, 0.29) is 65.9 Å². The first-order chi connectivity index (χ1) is 53.1. The van der Waals surface area contributed by atoms with Gasteiger partial charge in [-0.25, -0.2) is 37.7 Å². The molecule has 8 aliphatic rings. The Morgan fingerprint density at radius 1 is 0.477 bits per heavy atom. The molecule has 3 N–H and O–H groups in total. The third-order valence-corrected chi connectivity index (χ3v) is 21.9. The van der Waals surface area contributed by atoms with Crippen LogP contribution in [0.2, 0.25) is 0 Å². The average Bonchev–Trinajstić information content (AvgIpc) is 1.66. The molecule has 6 fully saturated rings. The maximum atomic E-state index is 14.1. The van der Waals surface area contributed by atoms with Crippen molar-refractivity contribution in [2.45, 2.75) is 102 Å². The maximum Gasteiger partial charge on any atom is 0.255 e. The number of imide groups is 2. The number of fused-ring (bicyclic) bond motifs is 4. The quantitative estimate of drug-likeness (QED) is 0.0761. The van der Waals surface area contributed by atoms with Crippen molar-refractivity contribution >= 4 is 70.0 Å². The van der Waals surface area contributed by atoms with Crippen molar-refractivity contribution < 1.29 is 47.4 Å². The van der Waals surface area contributed by atoms with Crippen LogP contribution in [0.3, 0.4) is 0 Å². The number of aromatic hydroxyl groups is 1. The number of carbonyl (C=O) groups excluding carboxylic acids is 6. The minimum atomic E-state index is -0.636. The Morgan fingerprint density at radius 3 is 1.44 bits per heavy atom. The van der Waals surface area contributed by atoms with E-state index in [2.05, 4.69) is 69.1 Å². The number of aromatic nitrogens is 8. The van der Waals surface area contributed by atoms with Crippen LogP contribution in [0.1, 0.15) is 120 Å². The number of hydrogen-bond donors (Lipinski definition) is 3. The highest BCUT2D eigenvalue weighted by atomic mass is 19.1. The van der Waals surface area contributed by atoms with E-state index in [9.17, 15) is 42.7 Å². The van der Waals surface area contributed by atoms with Crippen LogP contribution in [0, 0.1) is 11.6 Å². The van der Waals surface area contributed by atoms with E-state index in [4.69, 9.17) is 24.9 Å². The fourth-order valence-corrected chi connectivity index (χ4v) is 16.2. The second-order valence-corrected chi connectivity index (χ2v) is 28.8. The number of benzene rings is 4. The molecule has 0 bridgehead atoms. The molecule has 18 rings (SSSR count). The van der Waals surface area contributed by atoms with E-state index in [1.54, 1.807) is 41.3 Å². The van der Waals surface area contributed by atoms with E-state index >= 15 is 0 Å². The lowest BCUT2D eigenvalue weighted by atomic mass is 10.0. The van der Waals surface area contributed by atoms with Gasteiger partial charge in [-0.05, 0) is 171 Å². The van der Waals surface area contributed by atoms with Gasteiger partial charge in [0.15, 0.2) is 11.3 Å². The predicted molar refractivity (Wildman–Crippen MR) is 404 cm³/mol. The summed E-state index contributed by atoms with van der Waals surface area (Å²) in [6, 6.07) is 43.0. The molecule has 10 aromatic rings. The van der Waals surface area contributed by atoms with Gasteiger partial charge in [0.25, 0.3) is 11.8 Å². The fourth-order valence-electron chi connectivity index (χ4n) is 16.2. The third-order valence-electron chi connectivity index (χ3n) is 21.9. The lowest BCUT2D eigenvalue weighted by Crippen LogP contribution is -2.52. The summed E-state index contributed by atoms with van der Waals surface area (Å²) >= 11 is 0. The zero-order valence-electron chi connectivity index (χ0n) is 60.5. The van der Waals surface area contributed by atoms with Crippen LogP contribution in [-0.2, 0) is 32.3 Å². The van der Waals surface area contributed by atoms with Gasteiger partial charge in [-0.15, -0.1) is 10.2 Å². The third kappa shape index (κ3) is 15.2. The van der Waals surface area contributed by atoms with Crippen molar-refractivity contribution in [3.8, 4) is 34.3 Å². The Labute approximate surface area is 627 Å². The number of pyridine rings is 2. The van der Waals surface area contributed by atoms with Crippen molar-refractivity contribution in [1.82, 2.24) is 69.4 Å². The first-order valence-electron chi connectivity index (χ1n) is 37.6. The molecular weight excluding hydrogens is 1390 g/mol. The minimum absolute atomic E-state index is 0.0252. The highest BCUT2D eigenvalue weighted by molar-refractivity contribution is 6.06. The Morgan fingerprint density at radius 2 is 0.954 bits per heavy atom. The number of nitrogens with one attached hydrogen (secondary N) is 2. The van der Waals surface area contributed by atoms with Gasteiger partial charge < -0.3 is 39.2 Å². The maximum absolute atomic E-state index is 14.1. The van der Waals surface area contributed by atoms with Gasteiger partial charge in [0.1, 0.15) is 76.5 Å². The predicted octanol–water partition coefficient (Wildman–Crippen LogP) is 9.19.